The van der Waals surface area contributed by atoms with E-state index in [-0.39, 0.29) is 5.56 Å². The lowest BCUT2D eigenvalue weighted by Gasteiger charge is -2.12. The maximum atomic E-state index is 13.8. The number of ether oxygens (including phenoxy) is 1. The van der Waals surface area contributed by atoms with Crippen molar-refractivity contribution >= 4 is 22.1 Å². The summed E-state index contributed by atoms with van der Waals surface area (Å²) in [6.45, 7) is 0.854. The van der Waals surface area contributed by atoms with Crippen molar-refractivity contribution in [1.82, 2.24) is 29.1 Å². The van der Waals surface area contributed by atoms with Gasteiger partial charge in [-0.2, -0.15) is 9.78 Å². The molecule has 160 valence electrons. The summed E-state index contributed by atoms with van der Waals surface area (Å²) in [5, 5.41) is 10.0. The Morgan fingerprint density at radius 3 is 2.66 bits per heavy atom. The molecule has 1 fully saturated rings. The Morgan fingerprint density at radius 2 is 1.91 bits per heavy atom. The number of aromatic nitrogens is 6. The van der Waals surface area contributed by atoms with Gasteiger partial charge < -0.3 is 9.30 Å². The number of nitrogens with zero attached hydrogens (tertiary/aromatic N) is 6. The maximum Gasteiger partial charge on any atom is 0.281 e. The number of imidazole rings is 1. The molecule has 1 saturated carbocycles. The molecule has 8 nitrogen and oxygen atoms in total. The minimum absolute atomic E-state index is 0.177. The molecular formula is C24H22N6O2. The van der Waals surface area contributed by atoms with Crippen LogP contribution in [0.25, 0.3) is 38.9 Å². The van der Waals surface area contributed by atoms with E-state index in [1.165, 1.54) is 17.5 Å². The van der Waals surface area contributed by atoms with E-state index in [2.05, 4.69) is 19.7 Å². The van der Waals surface area contributed by atoms with Gasteiger partial charge in [-0.15, -0.1) is 5.10 Å². The molecule has 8 heteroatoms. The monoisotopic (exact) mass is 426 g/mol. The van der Waals surface area contributed by atoms with E-state index in [9.17, 15) is 4.79 Å². The summed E-state index contributed by atoms with van der Waals surface area (Å²) in [5.41, 5.74) is 4.13. The molecule has 1 aliphatic carbocycles. The first-order chi connectivity index (χ1) is 15.6. The van der Waals surface area contributed by atoms with Gasteiger partial charge >= 0.3 is 0 Å². The van der Waals surface area contributed by atoms with Gasteiger partial charge in [0.15, 0.2) is 5.65 Å². The first-order valence-corrected chi connectivity index (χ1v) is 10.7. The third kappa shape index (κ3) is 3.07. The van der Waals surface area contributed by atoms with Crippen LogP contribution in [0.5, 0.6) is 5.75 Å². The van der Waals surface area contributed by atoms with E-state index < -0.39 is 0 Å². The Balaban J connectivity index is 1.61. The molecular weight excluding hydrogens is 404 g/mol. The van der Waals surface area contributed by atoms with Gasteiger partial charge in [0.2, 0.25) is 0 Å². The summed E-state index contributed by atoms with van der Waals surface area (Å²) in [6.07, 6.45) is 6.16. The second kappa shape index (κ2) is 7.05. The number of hydrogen-bond acceptors (Lipinski definition) is 5. The smallest absolute Gasteiger partial charge is 0.281 e. The number of hydrogen-bond donors (Lipinski definition) is 0. The fourth-order valence-corrected chi connectivity index (χ4v) is 4.23. The van der Waals surface area contributed by atoms with Crippen LogP contribution in [-0.4, -0.2) is 36.2 Å². The van der Waals surface area contributed by atoms with Crippen LogP contribution >= 0.6 is 0 Å². The van der Waals surface area contributed by atoms with Crippen LogP contribution in [0.15, 0.2) is 59.8 Å². The zero-order chi connectivity index (χ0) is 21.8. The van der Waals surface area contributed by atoms with Crippen molar-refractivity contribution in [3.05, 3.63) is 65.3 Å². The molecule has 32 heavy (non-hydrogen) atoms. The third-order valence-corrected chi connectivity index (χ3v) is 6.03. The van der Waals surface area contributed by atoms with Crippen molar-refractivity contribution in [3.8, 4) is 22.6 Å². The highest BCUT2D eigenvalue weighted by Crippen LogP contribution is 2.33. The minimum Gasteiger partial charge on any atom is -0.497 e. The molecule has 0 aliphatic heterocycles. The zero-order valence-electron chi connectivity index (χ0n) is 17.9. The highest BCUT2D eigenvalue weighted by atomic mass is 16.5. The van der Waals surface area contributed by atoms with Crippen LogP contribution < -0.4 is 10.3 Å². The molecule has 3 heterocycles. The van der Waals surface area contributed by atoms with Gasteiger partial charge in [0.1, 0.15) is 11.3 Å². The van der Waals surface area contributed by atoms with Gasteiger partial charge in [-0.25, -0.2) is 4.98 Å². The molecule has 0 radical (unpaired) electrons. The number of rotatable bonds is 5. The summed E-state index contributed by atoms with van der Waals surface area (Å²) in [5.74, 6) is 1.39. The van der Waals surface area contributed by atoms with E-state index in [1.807, 2.05) is 55.7 Å². The van der Waals surface area contributed by atoms with Gasteiger partial charge in [0.05, 0.1) is 30.2 Å². The SMILES string of the molecule is COc1ccc(-c2c(=O)n(-c3ccc4nn(C)cc4c3)nc3ncn(CC4CC4)c23)cc1. The standard InChI is InChI=1S/C24H22N6O2/c1-28-13-17-11-18(7-10-20(17)26-28)30-24(31)21(16-5-8-19(32-2)9-6-16)22-23(27-30)25-14-29(22)12-15-3-4-15/h5-11,13-15H,3-4,12H2,1-2H3. The van der Waals surface area contributed by atoms with Crippen LogP contribution in [0.3, 0.4) is 0 Å². The van der Waals surface area contributed by atoms with Crippen LogP contribution in [0.1, 0.15) is 12.8 Å². The normalized spacial score (nSPS) is 13.8. The van der Waals surface area contributed by atoms with Crippen molar-refractivity contribution in [3.63, 3.8) is 0 Å². The van der Waals surface area contributed by atoms with Crippen molar-refractivity contribution < 1.29 is 4.74 Å². The Kier molecular flexibility index (Phi) is 4.14. The average Bonchev–Trinajstić information content (AvgIpc) is 3.41. The van der Waals surface area contributed by atoms with Crippen LogP contribution in [0.2, 0.25) is 0 Å². The predicted molar refractivity (Wildman–Crippen MR) is 122 cm³/mol. The quantitative estimate of drug-likeness (QED) is 0.429. The van der Waals surface area contributed by atoms with Crippen molar-refractivity contribution in [2.24, 2.45) is 13.0 Å². The molecule has 3 aromatic heterocycles. The van der Waals surface area contributed by atoms with Gasteiger partial charge in [-0.3, -0.25) is 9.48 Å². The predicted octanol–water partition coefficient (Wildman–Crippen LogP) is 3.55. The number of benzene rings is 2. The Labute approximate surface area is 183 Å². The molecule has 0 amide bonds. The highest BCUT2D eigenvalue weighted by molar-refractivity contribution is 5.90. The molecule has 1 aliphatic rings. The Morgan fingerprint density at radius 1 is 1.09 bits per heavy atom. The van der Waals surface area contributed by atoms with Gasteiger partial charge in [-0.1, -0.05) is 12.1 Å². The minimum atomic E-state index is -0.177. The molecule has 0 unspecified atom stereocenters. The maximum absolute atomic E-state index is 13.8. The van der Waals surface area contributed by atoms with Crippen LogP contribution in [-0.2, 0) is 13.6 Å². The molecule has 0 saturated heterocycles. The van der Waals surface area contributed by atoms with E-state index in [1.54, 1.807) is 18.1 Å². The second-order valence-corrected chi connectivity index (χ2v) is 8.38. The summed E-state index contributed by atoms with van der Waals surface area (Å²) in [6, 6.07) is 13.3. The molecule has 2 aromatic carbocycles. The van der Waals surface area contributed by atoms with Crippen LogP contribution in [0.4, 0.5) is 0 Å². The largest absolute Gasteiger partial charge is 0.497 e. The summed E-state index contributed by atoms with van der Waals surface area (Å²) < 4.78 is 10.6. The lowest BCUT2D eigenvalue weighted by Crippen LogP contribution is -2.24. The number of methoxy groups -OCH3 is 1. The molecule has 6 rings (SSSR count). The molecule has 5 aromatic rings. The molecule has 0 spiro atoms. The second-order valence-electron chi connectivity index (χ2n) is 8.38. The summed E-state index contributed by atoms with van der Waals surface area (Å²) >= 11 is 0. The summed E-state index contributed by atoms with van der Waals surface area (Å²) in [4.78, 5) is 18.4. The van der Waals surface area contributed by atoms with E-state index >= 15 is 0 Å². The van der Waals surface area contributed by atoms with Crippen LogP contribution in [0, 0.1) is 5.92 Å². The van der Waals surface area contributed by atoms with E-state index in [0.29, 0.717) is 22.8 Å². The third-order valence-electron chi connectivity index (χ3n) is 6.03. The fraction of sp³-hybridized carbons (Fsp3) is 0.250. The highest BCUT2D eigenvalue weighted by Gasteiger charge is 2.25. The fourth-order valence-electron chi connectivity index (χ4n) is 4.23. The van der Waals surface area contributed by atoms with Gasteiger partial charge in [0, 0.05) is 25.2 Å². The topological polar surface area (TPSA) is 79.8 Å². The lowest BCUT2D eigenvalue weighted by molar-refractivity contribution is 0.415. The number of fused-ring (bicyclic) bond motifs is 2. The number of aryl methyl sites for hydroxylation is 1. The van der Waals surface area contributed by atoms with E-state index in [4.69, 9.17) is 4.74 Å². The zero-order valence-corrected chi connectivity index (χ0v) is 17.9. The molecule has 0 N–H and O–H groups in total. The Bertz CT molecular complexity index is 1520. The van der Waals surface area contributed by atoms with E-state index in [0.717, 1.165) is 34.3 Å². The van der Waals surface area contributed by atoms with Crippen molar-refractivity contribution in [2.45, 2.75) is 19.4 Å². The average molecular weight is 426 g/mol. The first-order valence-electron chi connectivity index (χ1n) is 10.7. The van der Waals surface area contributed by atoms with Crippen molar-refractivity contribution in [2.75, 3.05) is 7.11 Å². The lowest BCUT2D eigenvalue weighted by atomic mass is 10.1. The molecule has 0 atom stereocenters. The van der Waals surface area contributed by atoms with Gasteiger partial charge in [-0.05, 0) is 54.7 Å². The van der Waals surface area contributed by atoms with Gasteiger partial charge in [0.25, 0.3) is 5.56 Å². The Hall–Kier alpha value is -3.94. The van der Waals surface area contributed by atoms with Crippen molar-refractivity contribution in [1.29, 1.82) is 0 Å². The first kappa shape index (κ1) is 18.8. The summed E-state index contributed by atoms with van der Waals surface area (Å²) in [7, 11) is 3.51. The molecule has 0 bridgehead atoms.